The van der Waals surface area contributed by atoms with Gasteiger partial charge in [0.25, 0.3) is 5.69 Å². The van der Waals surface area contributed by atoms with Crippen LogP contribution in [0.3, 0.4) is 0 Å². The molecule has 0 saturated carbocycles. The van der Waals surface area contributed by atoms with E-state index in [1.807, 2.05) is 0 Å². The Balaban J connectivity index is 2.26. The minimum Gasteiger partial charge on any atom is -0.375 e. The first kappa shape index (κ1) is 17.5. The molecule has 0 amide bonds. The van der Waals surface area contributed by atoms with Gasteiger partial charge in [0.2, 0.25) is 0 Å². The first-order valence-electron chi connectivity index (χ1n) is 7.12. The van der Waals surface area contributed by atoms with E-state index in [1.54, 1.807) is 37.3 Å². The number of benzene rings is 2. The summed E-state index contributed by atoms with van der Waals surface area (Å²) in [6, 6.07) is 13.1. The maximum Gasteiger partial charge on any atom is 0.430 e. The van der Waals surface area contributed by atoms with E-state index in [-0.39, 0.29) is 11.3 Å². The lowest BCUT2D eigenvalue weighted by atomic mass is 10.1. The van der Waals surface area contributed by atoms with Gasteiger partial charge in [-0.1, -0.05) is 30.3 Å². The Hall–Kier alpha value is -2.83. The Labute approximate surface area is 136 Å². The molecule has 0 unspecified atom stereocenters. The van der Waals surface area contributed by atoms with Crippen molar-refractivity contribution in [2.24, 2.45) is 0 Å². The number of nitro benzene ring substituents is 1. The van der Waals surface area contributed by atoms with Crippen LogP contribution in [0.4, 0.5) is 18.9 Å². The third kappa shape index (κ3) is 4.58. The molecule has 2 aromatic carbocycles. The van der Waals surface area contributed by atoms with Gasteiger partial charge in [-0.25, -0.2) is 0 Å². The van der Waals surface area contributed by atoms with Crippen molar-refractivity contribution in [3.63, 3.8) is 0 Å². The van der Waals surface area contributed by atoms with Crippen LogP contribution in [-0.2, 0) is 0 Å². The standard InChI is InChI=1S/C17H15F3N2O2/c1-12(14-5-3-2-4-6-14)21-16(17(18,19)20)11-13-7-9-15(10-8-13)22(23)24/h2-12,21H,1H3/b16-11-/t12-/m0/s1. The number of alkyl halides is 3. The molecule has 7 heteroatoms. The van der Waals surface area contributed by atoms with Crippen LogP contribution in [0.15, 0.2) is 60.3 Å². The van der Waals surface area contributed by atoms with Crippen molar-refractivity contribution in [3.8, 4) is 0 Å². The van der Waals surface area contributed by atoms with Crippen LogP contribution < -0.4 is 5.32 Å². The van der Waals surface area contributed by atoms with Gasteiger partial charge in [0, 0.05) is 18.2 Å². The van der Waals surface area contributed by atoms with Crippen LogP contribution in [0.1, 0.15) is 24.1 Å². The fourth-order valence-corrected chi connectivity index (χ4v) is 2.12. The molecule has 0 spiro atoms. The van der Waals surface area contributed by atoms with Crippen molar-refractivity contribution < 1.29 is 18.1 Å². The SMILES string of the molecule is C[C@H](N/C(=C\c1ccc([N+](=O)[O-])cc1)C(F)(F)F)c1ccccc1. The van der Waals surface area contributed by atoms with Crippen molar-refractivity contribution in [2.45, 2.75) is 19.1 Å². The van der Waals surface area contributed by atoms with E-state index in [1.165, 1.54) is 24.3 Å². The topological polar surface area (TPSA) is 55.2 Å². The maximum atomic E-state index is 13.3. The fraction of sp³-hybridized carbons (Fsp3) is 0.176. The van der Waals surface area contributed by atoms with Gasteiger partial charge in [-0.3, -0.25) is 10.1 Å². The number of halogens is 3. The molecule has 0 aliphatic heterocycles. The average Bonchev–Trinajstić information content (AvgIpc) is 2.54. The van der Waals surface area contributed by atoms with E-state index in [9.17, 15) is 23.3 Å². The molecule has 1 N–H and O–H groups in total. The van der Waals surface area contributed by atoms with E-state index in [0.29, 0.717) is 0 Å². The minimum atomic E-state index is -4.56. The van der Waals surface area contributed by atoms with Crippen LogP contribution in [0, 0.1) is 10.1 Å². The molecule has 4 nitrogen and oxygen atoms in total. The monoisotopic (exact) mass is 336 g/mol. The largest absolute Gasteiger partial charge is 0.430 e. The van der Waals surface area contributed by atoms with Crippen LogP contribution in [0.5, 0.6) is 0 Å². The lowest BCUT2D eigenvalue weighted by Gasteiger charge is -2.20. The number of rotatable bonds is 5. The fourth-order valence-electron chi connectivity index (χ4n) is 2.12. The van der Waals surface area contributed by atoms with E-state index in [2.05, 4.69) is 5.32 Å². The molecule has 0 aromatic heterocycles. The lowest BCUT2D eigenvalue weighted by Crippen LogP contribution is -2.28. The highest BCUT2D eigenvalue weighted by molar-refractivity contribution is 5.55. The summed E-state index contributed by atoms with van der Waals surface area (Å²) in [5.74, 6) is 0. The van der Waals surface area contributed by atoms with Crippen LogP contribution >= 0.6 is 0 Å². The Bertz CT molecular complexity index is 726. The molecule has 0 aliphatic carbocycles. The van der Waals surface area contributed by atoms with Crippen molar-refractivity contribution in [1.82, 2.24) is 5.32 Å². The van der Waals surface area contributed by atoms with Crippen LogP contribution in [-0.4, -0.2) is 11.1 Å². The number of hydrogen-bond acceptors (Lipinski definition) is 3. The van der Waals surface area contributed by atoms with Crippen molar-refractivity contribution in [1.29, 1.82) is 0 Å². The molecule has 0 aliphatic rings. The third-order valence-electron chi connectivity index (χ3n) is 3.39. The first-order chi connectivity index (χ1) is 11.3. The highest BCUT2D eigenvalue weighted by Gasteiger charge is 2.34. The van der Waals surface area contributed by atoms with Gasteiger partial charge >= 0.3 is 6.18 Å². The Morgan fingerprint density at radius 2 is 1.71 bits per heavy atom. The summed E-state index contributed by atoms with van der Waals surface area (Å²) < 4.78 is 39.8. The normalized spacial score (nSPS) is 13.4. The van der Waals surface area contributed by atoms with Gasteiger partial charge in [0.1, 0.15) is 5.70 Å². The van der Waals surface area contributed by atoms with Crippen molar-refractivity contribution in [2.75, 3.05) is 0 Å². The van der Waals surface area contributed by atoms with Gasteiger partial charge in [-0.15, -0.1) is 0 Å². The van der Waals surface area contributed by atoms with Crippen molar-refractivity contribution in [3.05, 3.63) is 81.5 Å². The summed E-state index contributed by atoms with van der Waals surface area (Å²) in [4.78, 5) is 9.99. The van der Waals surface area contributed by atoms with Crippen LogP contribution in [0.25, 0.3) is 6.08 Å². The summed E-state index contributed by atoms with van der Waals surface area (Å²) in [7, 11) is 0. The zero-order valence-corrected chi connectivity index (χ0v) is 12.7. The second kappa shape index (κ2) is 7.16. The second-order valence-electron chi connectivity index (χ2n) is 5.18. The number of nitro groups is 1. The number of hydrogen-bond donors (Lipinski definition) is 1. The number of nitrogens with zero attached hydrogens (tertiary/aromatic N) is 1. The predicted octanol–water partition coefficient (Wildman–Crippen LogP) is 4.85. The summed E-state index contributed by atoms with van der Waals surface area (Å²) >= 11 is 0. The average molecular weight is 336 g/mol. The Kier molecular flexibility index (Phi) is 5.23. The zero-order valence-electron chi connectivity index (χ0n) is 12.7. The van der Waals surface area contributed by atoms with E-state index >= 15 is 0 Å². The summed E-state index contributed by atoms with van der Waals surface area (Å²) in [6.07, 6.45) is -3.63. The molecule has 24 heavy (non-hydrogen) atoms. The molecule has 0 radical (unpaired) electrons. The molecule has 0 heterocycles. The summed E-state index contributed by atoms with van der Waals surface area (Å²) in [5.41, 5.74) is -0.143. The second-order valence-corrected chi connectivity index (χ2v) is 5.18. The van der Waals surface area contributed by atoms with Gasteiger partial charge in [-0.2, -0.15) is 13.2 Å². The summed E-state index contributed by atoms with van der Waals surface area (Å²) in [6.45, 7) is 1.63. The highest BCUT2D eigenvalue weighted by atomic mass is 19.4. The number of allylic oxidation sites excluding steroid dienone is 1. The molecule has 0 bridgehead atoms. The highest BCUT2D eigenvalue weighted by Crippen LogP contribution is 2.28. The minimum absolute atomic E-state index is 0.175. The summed E-state index contributed by atoms with van der Waals surface area (Å²) in [5, 5.41) is 13.1. The smallest absolute Gasteiger partial charge is 0.375 e. The van der Waals surface area contributed by atoms with E-state index in [0.717, 1.165) is 11.6 Å². The molecule has 1 atom stereocenters. The molecule has 126 valence electrons. The predicted molar refractivity (Wildman–Crippen MR) is 85.1 cm³/mol. The Morgan fingerprint density at radius 3 is 2.21 bits per heavy atom. The van der Waals surface area contributed by atoms with Gasteiger partial charge < -0.3 is 5.32 Å². The van der Waals surface area contributed by atoms with Crippen molar-refractivity contribution >= 4 is 11.8 Å². The molecule has 0 saturated heterocycles. The maximum absolute atomic E-state index is 13.3. The molecular formula is C17H15F3N2O2. The van der Waals surface area contributed by atoms with E-state index in [4.69, 9.17) is 0 Å². The van der Waals surface area contributed by atoms with Crippen LogP contribution in [0.2, 0.25) is 0 Å². The molecule has 2 aromatic rings. The Morgan fingerprint density at radius 1 is 1.12 bits per heavy atom. The van der Waals surface area contributed by atoms with Gasteiger partial charge in [0.05, 0.1) is 4.92 Å². The quantitative estimate of drug-likeness (QED) is 0.627. The first-order valence-corrected chi connectivity index (χ1v) is 7.12. The molecule has 2 rings (SSSR count). The van der Waals surface area contributed by atoms with Gasteiger partial charge in [-0.05, 0) is 36.3 Å². The third-order valence-corrected chi connectivity index (χ3v) is 3.39. The van der Waals surface area contributed by atoms with E-state index < -0.39 is 22.8 Å². The number of nitrogens with one attached hydrogen (secondary N) is 1. The van der Waals surface area contributed by atoms with Gasteiger partial charge in [0.15, 0.2) is 0 Å². The zero-order chi connectivity index (χ0) is 17.7. The molecule has 0 fully saturated rings. The number of non-ortho nitro benzene ring substituents is 1. The lowest BCUT2D eigenvalue weighted by molar-refractivity contribution is -0.384. The molecular weight excluding hydrogens is 321 g/mol.